The zero-order chi connectivity index (χ0) is 13.8. The summed E-state index contributed by atoms with van der Waals surface area (Å²) < 4.78 is 5.03. The van der Waals surface area contributed by atoms with Crippen LogP contribution in [0.25, 0.3) is 0 Å². The smallest absolute Gasteiger partial charge is 0.192 e. The maximum Gasteiger partial charge on any atom is 0.192 e. The summed E-state index contributed by atoms with van der Waals surface area (Å²) in [6.07, 6.45) is 6.58. The van der Waals surface area contributed by atoms with E-state index in [0.717, 1.165) is 18.9 Å². The number of halogens is 1. The molecule has 0 radical (unpaired) electrons. The van der Waals surface area contributed by atoms with Crippen LogP contribution in [0.4, 0.5) is 0 Å². The highest BCUT2D eigenvalue weighted by atomic mass is 127. The molecule has 0 aliphatic carbocycles. The highest BCUT2D eigenvalue weighted by Crippen LogP contribution is 2.15. The van der Waals surface area contributed by atoms with Crippen molar-refractivity contribution in [3.8, 4) is 5.75 Å². The predicted octanol–water partition coefficient (Wildman–Crippen LogP) is 5.91. The van der Waals surface area contributed by atoms with Crippen LogP contribution in [0.1, 0.15) is 39.2 Å². The van der Waals surface area contributed by atoms with Crippen LogP contribution in [0, 0.1) is 0 Å². The lowest BCUT2D eigenvalue weighted by molar-refractivity contribution is 0.715. The van der Waals surface area contributed by atoms with Gasteiger partial charge in [-0.2, -0.15) is 0 Å². The van der Waals surface area contributed by atoms with Gasteiger partial charge in [-0.05, 0) is 24.1 Å². The predicted molar refractivity (Wildman–Crippen MR) is 92.3 cm³/mol. The van der Waals surface area contributed by atoms with Gasteiger partial charge in [0.25, 0.3) is 0 Å². The van der Waals surface area contributed by atoms with Crippen molar-refractivity contribution in [1.29, 1.82) is 0 Å². The van der Waals surface area contributed by atoms with E-state index in [1.807, 2.05) is 41.2 Å². The van der Waals surface area contributed by atoms with Crippen molar-refractivity contribution in [1.82, 2.24) is 0 Å². The van der Waals surface area contributed by atoms with Gasteiger partial charge in [-0.3, -0.25) is 0 Å². The minimum Gasteiger partial charge on any atom is -0.428 e. The van der Waals surface area contributed by atoms with Crippen LogP contribution in [0.2, 0.25) is 19.5 Å². The maximum atomic E-state index is 5.03. The number of benzene rings is 1. The second kappa shape index (κ2) is 11.9. The van der Waals surface area contributed by atoms with E-state index in [0.29, 0.717) is 0 Å². The number of aryl methyl sites for hydroxylation is 1. The molecule has 0 saturated heterocycles. The van der Waals surface area contributed by atoms with E-state index in [-0.39, 0.29) is 0 Å². The monoisotopic (exact) mass is 360 g/mol. The maximum absolute atomic E-state index is 5.03. The number of hydrogen-bond acceptors (Lipinski definition) is 1. The van der Waals surface area contributed by atoms with Crippen LogP contribution in [0.15, 0.2) is 24.3 Å². The highest BCUT2D eigenvalue weighted by molar-refractivity contribution is 14.1. The molecule has 1 rings (SSSR count). The fourth-order valence-electron chi connectivity index (χ4n) is 1.94. The van der Waals surface area contributed by atoms with Crippen molar-refractivity contribution in [2.45, 2.75) is 59.5 Å². The summed E-state index contributed by atoms with van der Waals surface area (Å²) >= 11 is 1.89. The van der Waals surface area contributed by atoms with Gasteiger partial charge in [-0.25, -0.2) is 0 Å². The molecular formula is C15H26BIO. The molecule has 0 atom stereocenters. The first-order valence-electron chi connectivity index (χ1n) is 7.05. The average Bonchev–Trinajstić information content (AvgIpc) is 2.40. The van der Waals surface area contributed by atoms with Crippen molar-refractivity contribution >= 4 is 29.7 Å². The zero-order valence-electron chi connectivity index (χ0n) is 12.2. The van der Waals surface area contributed by atoms with Crippen molar-refractivity contribution < 1.29 is 3.07 Å². The molecular weight excluding hydrogens is 334 g/mol. The van der Waals surface area contributed by atoms with E-state index in [9.17, 15) is 0 Å². The molecule has 3 heteroatoms. The van der Waals surface area contributed by atoms with Crippen LogP contribution in [-0.2, 0) is 6.42 Å². The van der Waals surface area contributed by atoms with Crippen LogP contribution in [0.3, 0.4) is 0 Å². The first-order chi connectivity index (χ1) is 8.67. The van der Waals surface area contributed by atoms with Crippen LogP contribution in [0.5, 0.6) is 5.75 Å². The lowest BCUT2D eigenvalue weighted by Crippen LogP contribution is -2.03. The Hall–Kier alpha value is -0.185. The Balaban J connectivity index is 0.000000331. The van der Waals surface area contributed by atoms with Crippen molar-refractivity contribution in [3.05, 3.63) is 29.8 Å². The van der Waals surface area contributed by atoms with Gasteiger partial charge in [0.15, 0.2) is 23.0 Å². The minimum absolute atomic E-state index is 0.931. The van der Waals surface area contributed by atoms with Gasteiger partial charge >= 0.3 is 0 Å². The van der Waals surface area contributed by atoms with Gasteiger partial charge < -0.3 is 3.07 Å². The van der Waals surface area contributed by atoms with E-state index < -0.39 is 0 Å². The number of rotatable bonds is 6. The van der Waals surface area contributed by atoms with Gasteiger partial charge in [-0.15, -0.1) is 0 Å². The summed E-state index contributed by atoms with van der Waals surface area (Å²) in [5, 5.41) is 0. The fraction of sp³-hybridized carbons (Fsp3) is 0.600. The molecule has 0 spiro atoms. The standard InChI is InChI=1S/C8H9IO.C7H17B/c1-2-7-4-3-5-8(6-7)10-9;1-4-6-8(3)7-5-2/h3-6H,2H2,1H3;4-7H2,1-3H3. The molecule has 1 aromatic carbocycles. The Morgan fingerprint density at radius 1 is 1.11 bits per heavy atom. The van der Waals surface area contributed by atoms with E-state index >= 15 is 0 Å². The van der Waals surface area contributed by atoms with Crippen molar-refractivity contribution in [2.75, 3.05) is 0 Å². The molecule has 0 aromatic heterocycles. The third-order valence-corrected chi connectivity index (χ3v) is 3.47. The SMILES string of the molecule is CCCB(C)CCC.CCc1cccc(OI)c1. The Kier molecular flexibility index (Phi) is 11.8. The van der Waals surface area contributed by atoms with Gasteiger partial charge in [-0.1, -0.05) is 65.2 Å². The third kappa shape index (κ3) is 8.84. The first kappa shape index (κ1) is 17.8. The van der Waals surface area contributed by atoms with E-state index in [1.54, 1.807) is 0 Å². The molecule has 1 nitrogen and oxygen atoms in total. The summed E-state index contributed by atoms with van der Waals surface area (Å²) in [7, 11) is 0. The van der Waals surface area contributed by atoms with Crippen LogP contribution >= 0.6 is 23.0 Å². The Morgan fingerprint density at radius 2 is 1.72 bits per heavy atom. The van der Waals surface area contributed by atoms with Crippen LogP contribution in [-0.4, -0.2) is 6.71 Å². The van der Waals surface area contributed by atoms with Crippen LogP contribution < -0.4 is 3.07 Å². The molecule has 18 heavy (non-hydrogen) atoms. The normalized spacial score (nSPS) is 9.39. The lowest BCUT2D eigenvalue weighted by atomic mass is 9.46. The van der Waals surface area contributed by atoms with E-state index in [4.69, 9.17) is 3.07 Å². The summed E-state index contributed by atoms with van der Waals surface area (Å²) in [6, 6.07) is 8.10. The van der Waals surface area contributed by atoms with Crippen molar-refractivity contribution in [3.63, 3.8) is 0 Å². The summed E-state index contributed by atoms with van der Waals surface area (Å²) in [4.78, 5) is 0. The highest BCUT2D eigenvalue weighted by Gasteiger charge is 2.01. The summed E-state index contributed by atoms with van der Waals surface area (Å²) in [6.45, 7) is 9.95. The van der Waals surface area contributed by atoms with E-state index in [2.05, 4.69) is 33.7 Å². The summed E-state index contributed by atoms with van der Waals surface area (Å²) in [5.41, 5.74) is 1.31. The Bertz CT molecular complexity index is 279. The van der Waals surface area contributed by atoms with E-state index in [1.165, 1.54) is 31.0 Å². The molecule has 0 unspecified atom stereocenters. The molecule has 0 aliphatic rings. The molecule has 0 amide bonds. The molecule has 0 aliphatic heterocycles. The molecule has 0 fully saturated rings. The zero-order valence-corrected chi connectivity index (χ0v) is 14.4. The second-order valence-corrected chi connectivity index (χ2v) is 5.20. The quantitative estimate of drug-likeness (QED) is 0.453. The number of hydrogen-bond donors (Lipinski definition) is 0. The third-order valence-electron chi connectivity index (χ3n) is 2.96. The molecule has 0 saturated carbocycles. The average molecular weight is 360 g/mol. The molecule has 0 heterocycles. The van der Waals surface area contributed by atoms with Gasteiger partial charge in [0.2, 0.25) is 0 Å². The van der Waals surface area contributed by atoms with Gasteiger partial charge in [0, 0.05) is 0 Å². The molecule has 0 bridgehead atoms. The fourth-order valence-corrected chi connectivity index (χ4v) is 2.22. The molecule has 1 aromatic rings. The van der Waals surface area contributed by atoms with Gasteiger partial charge in [0.1, 0.15) is 12.5 Å². The van der Waals surface area contributed by atoms with Gasteiger partial charge in [0.05, 0.1) is 0 Å². The molecule has 0 N–H and O–H groups in total. The first-order valence-corrected chi connectivity index (χ1v) is 7.93. The largest absolute Gasteiger partial charge is 0.428 e. The molecule has 102 valence electrons. The van der Waals surface area contributed by atoms with Crippen molar-refractivity contribution in [2.24, 2.45) is 0 Å². The lowest BCUT2D eigenvalue weighted by Gasteiger charge is -2.01. The Labute approximate surface area is 127 Å². The second-order valence-electron chi connectivity index (χ2n) is 4.76. The minimum atomic E-state index is 0.931. The Morgan fingerprint density at radius 3 is 2.17 bits per heavy atom. The summed E-state index contributed by atoms with van der Waals surface area (Å²) in [5.74, 6) is 0.931. The topological polar surface area (TPSA) is 9.23 Å².